The van der Waals surface area contributed by atoms with Gasteiger partial charge in [0.2, 0.25) is 0 Å². The Labute approximate surface area is 157 Å². The summed E-state index contributed by atoms with van der Waals surface area (Å²) in [4.78, 5) is 13.9. The maximum absolute atomic E-state index is 5.10. The molecular weight excluding hydrogens is 350 g/mol. The first kappa shape index (κ1) is 18.3. The van der Waals surface area contributed by atoms with Crippen LogP contribution in [0, 0.1) is 6.92 Å². The number of H-pyrrole nitrogens is 1. The first-order valence-electron chi connectivity index (χ1n) is 8.41. The number of aromatic amines is 1. The average Bonchev–Trinajstić information content (AvgIpc) is 3.05. The fraction of sp³-hybridized carbons (Fsp3) is 0.368. The van der Waals surface area contributed by atoms with Gasteiger partial charge in [0.25, 0.3) is 0 Å². The number of methoxy groups -OCH3 is 1. The standard InChI is InChI=1S/C19H23N3OS2/c1-14-17(24-12-6-5-11-23-2)9-10-20-19(14)25-13-18-21-15-7-3-4-8-16(15)22-18/h3-4,7-10H,5-6,11-13H2,1-2H3,(H,21,22). The van der Waals surface area contributed by atoms with Crippen LogP contribution >= 0.6 is 23.5 Å². The van der Waals surface area contributed by atoms with Gasteiger partial charge >= 0.3 is 0 Å². The molecule has 2 aromatic heterocycles. The van der Waals surface area contributed by atoms with Crippen molar-refractivity contribution in [3.05, 3.63) is 47.9 Å². The van der Waals surface area contributed by atoms with Gasteiger partial charge in [0.1, 0.15) is 10.9 Å². The summed E-state index contributed by atoms with van der Waals surface area (Å²) in [5.74, 6) is 2.90. The van der Waals surface area contributed by atoms with Gasteiger partial charge in [-0.25, -0.2) is 9.97 Å². The Morgan fingerprint density at radius 2 is 2.00 bits per heavy atom. The van der Waals surface area contributed by atoms with Crippen LogP contribution in [0.5, 0.6) is 0 Å². The lowest BCUT2D eigenvalue weighted by Crippen LogP contribution is -1.93. The highest BCUT2D eigenvalue weighted by Gasteiger charge is 2.09. The van der Waals surface area contributed by atoms with Crippen LogP contribution in [0.25, 0.3) is 11.0 Å². The zero-order chi connectivity index (χ0) is 17.5. The summed E-state index contributed by atoms with van der Waals surface area (Å²) in [5, 5.41) is 1.09. The molecule has 25 heavy (non-hydrogen) atoms. The topological polar surface area (TPSA) is 50.8 Å². The second-order valence-electron chi connectivity index (χ2n) is 5.78. The van der Waals surface area contributed by atoms with Crippen LogP contribution in [-0.2, 0) is 10.5 Å². The Hall–Kier alpha value is -1.50. The molecule has 0 aliphatic carbocycles. The first-order valence-corrected chi connectivity index (χ1v) is 10.4. The molecule has 1 N–H and O–H groups in total. The van der Waals surface area contributed by atoms with Gasteiger partial charge in [0, 0.05) is 24.8 Å². The van der Waals surface area contributed by atoms with Crippen molar-refractivity contribution in [1.82, 2.24) is 15.0 Å². The maximum Gasteiger partial charge on any atom is 0.117 e. The molecule has 3 rings (SSSR count). The first-order chi connectivity index (χ1) is 12.3. The molecule has 0 saturated carbocycles. The molecule has 1 aromatic carbocycles. The zero-order valence-corrected chi connectivity index (χ0v) is 16.3. The number of para-hydroxylation sites is 2. The average molecular weight is 374 g/mol. The summed E-state index contributed by atoms with van der Waals surface area (Å²) in [6, 6.07) is 10.2. The number of nitrogens with zero attached hydrogens (tertiary/aromatic N) is 2. The number of hydrogen-bond acceptors (Lipinski definition) is 5. The Bertz CT molecular complexity index is 786. The van der Waals surface area contributed by atoms with Crippen LogP contribution in [-0.4, -0.2) is 34.4 Å². The molecule has 0 bridgehead atoms. The quantitative estimate of drug-likeness (QED) is 0.419. The Kier molecular flexibility index (Phi) is 6.78. The maximum atomic E-state index is 5.10. The SMILES string of the molecule is COCCCCSc1ccnc(SCc2nc3ccccc3[nH]2)c1C. The van der Waals surface area contributed by atoms with Crippen molar-refractivity contribution in [3.63, 3.8) is 0 Å². The molecular formula is C19H23N3OS2. The Balaban J connectivity index is 1.59. The molecule has 6 heteroatoms. The zero-order valence-electron chi connectivity index (χ0n) is 14.6. The lowest BCUT2D eigenvalue weighted by molar-refractivity contribution is 0.194. The lowest BCUT2D eigenvalue weighted by atomic mass is 10.3. The highest BCUT2D eigenvalue weighted by Crippen LogP contribution is 2.31. The van der Waals surface area contributed by atoms with Gasteiger partial charge in [-0.3, -0.25) is 0 Å². The molecule has 0 fully saturated rings. The van der Waals surface area contributed by atoms with Crippen LogP contribution in [0.2, 0.25) is 0 Å². The Morgan fingerprint density at radius 3 is 2.84 bits per heavy atom. The van der Waals surface area contributed by atoms with Gasteiger partial charge in [-0.2, -0.15) is 0 Å². The van der Waals surface area contributed by atoms with E-state index in [0.29, 0.717) is 0 Å². The van der Waals surface area contributed by atoms with Crippen LogP contribution in [0.1, 0.15) is 24.2 Å². The van der Waals surface area contributed by atoms with Gasteiger partial charge < -0.3 is 9.72 Å². The summed E-state index contributed by atoms with van der Waals surface area (Å²) >= 11 is 3.64. The van der Waals surface area contributed by atoms with Gasteiger partial charge in [-0.05, 0) is 49.3 Å². The number of unbranched alkanes of at least 4 members (excludes halogenated alkanes) is 1. The normalized spacial score (nSPS) is 11.3. The van der Waals surface area contributed by atoms with Crippen LogP contribution in [0.3, 0.4) is 0 Å². The van der Waals surface area contributed by atoms with Gasteiger partial charge in [-0.1, -0.05) is 23.9 Å². The fourth-order valence-electron chi connectivity index (χ4n) is 2.54. The second kappa shape index (κ2) is 9.27. The third-order valence-electron chi connectivity index (χ3n) is 3.89. The van der Waals surface area contributed by atoms with Crippen molar-refractivity contribution in [3.8, 4) is 0 Å². The summed E-state index contributed by atoms with van der Waals surface area (Å²) in [5.41, 5.74) is 3.37. The lowest BCUT2D eigenvalue weighted by Gasteiger charge is -2.09. The minimum atomic E-state index is 0.796. The smallest absolute Gasteiger partial charge is 0.117 e. The number of pyridine rings is 1. The molecule has 132 valence electrons. The minimum absolute atomic E-state index is 0.796. The van der Waals surface area contributed by atoms with E-state index >= 15 is 0 Å². The van der Waals surface area contributed by atoms with E-state index in [2.05, 4.69) is 34.0 Å². The van der Waals surface area contributed by atoms with Gasteiger partial charge in [0.15, 0.2) is 0 Å². The van der Waals surface area contributed by atoms with E-state index < -0.39 is 0 Å². The van der Waals surface area contributed by atoms with Crippen molar-refractivity contribution in [2.45, 2.75) is 35.4 Å². The third-order valence-corrected chi connectivity index (χ3v) is 6.24. The predicted octanol–water partition coefficient (Wildman–Crippen LogP) is 5.08. The highest BCUT2D eigenvalue weighted by atomic mass is 32.2. The molecule has 3 aromatic rings. The molecule has 0 spiro atoms. The van der Waals surface area contributed by atoms with E-state index in [1.807, 2.05) is 36.2 Å². The van der Waals surface area contributed by atoms with E-state index in [1.165, 1.54) is 16.9 Å². The van der Waals surface area contributed by atoms with Gasteiger partial charge in [-0.15, -0.1) is 11.8 Å². The molecule has 0 saturated heterocycles. The number of imidazole rings is 1. The van der Waals surface area contributed by atoms with Crippen LogP contribution in [0.15, 0.2) is 46.5 Å². The molecule has 0 atom stereocenters. The highest BCUT2D eigenvalue weighted by molar-refractivity contribution is 7.99. The number of thioether (sulfide) groups is 2. The van der Waals surface area contributed by atoms with E-state index in [1.54, 1.807) is 18.9 Å². The van der Waals surface area contributed by atoms with Gasteiger partial charge in [0.05, 0.1) is 16.8 Å². The number of hydrogen-bond donors (Lipinski definition) is 1. The molecule has 0 amide bonds. The number of benzene rings is 1. The van der Waals surface area contributed by atoms with Crippen molar-refractivity contribution < 1.29 is 4.74 Å². The number of ether oxygens (including phenoxy) is 1. The third kappa shape index (κ3) is 5.00. The van der Waals surface area contributed by atoms with E-state index in [9.17, 15) is 0 Å². The van der Waals surface area contributed by atoms with E-state index in [-0.39, 0.29) is 0 Å². The number of nitrogens with one attached hydrogen (secondary N) is 1. The van der Waals surface area contributed by atoms with Crippen LogP contribution in [0.4, 0.5) is 0 Å². The summed E-state index contributed by atoms with van der Waals surface area (Å²) in [6.45, 7) is 3.00. The molecule has 0 aliphatic rings. The summed E-state index contributed by atoms with van der Waals surface area (Å²) in [6.07, 6.45) is 4.19. The minimum Gasteiger partial charge on any atom is -0.385 e. The number of aromatic nitrogens is 3. The fourth-order valence-corrected chi connectivity index (χ4v) is 4.52. The monoisotopic (exact) mass is 373 g/mol. The molecule has 0 unspecified atom stereocenters. The van der Waals surface area contributed by atoms with Crippen molar-refractivity contribution in [2.75, 3.05) is 19.5 Å². The number of rotatable bonds is 9. The van der Waals surface area contributed by atoms with Crippen molar-refractivity contribution >= 4 is 34.6 Å². The molecule has 4 nitrogen and oxygen atoms in total. The second-order valence-corrected chi connectivity index (χ2v) is 7.88. The summed E-state index contributed by atoms with van der Waals surface area (Å²) < 4.78 is 5.10. The Morgan fingerprint density at radius 1 is 1.12 bits per heavy atom. The van der Waals surface area contributed by atoms with Crippen LogP contribution < -0.4 is 0 Å². The van der Waals surface area contributed by atoms with E-state index in [0.717, 1.165) is 46.4 Å². The summed E-state index contributed by atoms with van der Waals surface area (Å²) in [7, 11) is 1.76. The van der Waals surface area contributed by atoms with Crippen molar-refractivity contribution in [1.29, 1.82) is 0 Å². The molecule has 0 radical (unpaired) electrons. The molecule has 0 aliphatic heterocycles. The number of fused-ring (bicyclic) bond motifs is 1. The van der Waals surface area contributed by atoms with E-state index in [4.69, 9.17) is 4.74 Å². The largest absolute Gasteiger partial charge is 0.385 e. The predicted molar refractivity (Wildman–Crippen MR) is 106 cm³/mol. The van der Waals surface area contributed by atoms with Crippen molar-refractivity contribution in [2.24, 2.45) is 0 Å². The molecule has 2 heterocycles.